The first kappa shape index (κ1) is 24.7. The number of fused-ring (bicyclic) bond motifs is 1. The van der Waals surface area contributed by atoms with Gasteiger partial charge in [-0.15, -0.1) is 11.3 Å². The van der Waals surface area contributed by atoms with Crippen molar-refractivity contribution in [1.82, 2.24) is 4.90 Å². The minimum atomic E-state index is -0.836. The molecule has 0 N–H and O–H groups in total. The fourth-order valence-corrected chi connectivity index (χ4v) is 8.82. The van der Waals surface area contributed by atoms with E-state index in [9.17, 15) is 9.59 Å². The molecule has 1 unspecified atom stereocenters. The van der Waals surface area contributed by atoms with E-state index in [-0.39, 0.29) is 23.7 Å². The summed E-state index contributed by atoms with van der Waals surface area (Å²) in [6.07, 6.45) is 1.77. The van der Waals surface area contributed by atoms with Gasteiger partial charge in [-0.25, -0.2) is 0 Å². The molecule has 2 aromatic carbocycles. The molecule has 196 valence electrons. The predicted molar refractivity (Wildman–Crippen MR) is 147 cm³/mol. The number of rotatable bonds is 6. The number of amides is 1. The molecule has 0 spiro atoms. The van der Waals surface area contributed by atoms with E-state index in [4.69, 9.17) is 14.2 Å². The topological polar surface area (TPSA) is 65.1 Å². The molecule has 7 rings (SSSR count). The van der Waals surface area contributed by atoms with E-state index in [2.05, 4.69) is 30.2 Å². The second-order valence-corrected chi connectivity index (χ2v) is 11.4. The third-order valence-corrected chi connectivity index (χ3v) is 10.3. The third kappa shape index (κ3) is 3.17. The maximum Gasteiger partial charge on any atom is 0.314 e. The van der Waals surface area contributed by atoms with Crippen molar-refractivity contribution in [3.05, 3.63) is 88.1 Å². The average Bonchev–Trinajstić information content (AvgIpc) is 3.64. The number of likely N-dealkylation sites (tertiary alicyclic amines) is 1. The number of esters is 1. The summed E-state index contributed by atoms with van der Waals surface area (Å²) in [6.45, 7) is 4.91. The lowest BCUT2D eigenvalue weighted by molar-refractivity contribution is -0.161. The molecular weight excluding hydrogens is 498 g/mol. The first-order valence-electron chi connectivity index (χ1n) is 12.8. The molecule has 3 aliphatic carbocycles. The van der Waals surface area contributed by atoms with Gasteiger partial charge in [0.05, 0.1) is 26.7 Å². The zero-order valence-corrected chi connectivity index (χ0v) is 22.7. The van der Waals surface area contributed by atoms with Crippen LogP contribution < -0.4 is 9.47 Å². The van der Waals surface area contributed by atoms with Crippen LogP contribution in [0.2, 0.25) is 0 Å². The summed E-state index contributed by atoms with van der Waals surface area (Å²) in [4.78, 5) is 31.0. The Morgan fingerprint density at radius 1 is 1.03 bits per heavy atom. The molecule has 6 nitrogen and oxygen atoms in total. The van der Waals surface area contributed by atoms with Crippen LogP contribution in [0.3, 0.4) is 0 Å². The average molecular weight is 530 g/mol. The molecule has 1 amide bonds. The molecular formula is C31H31NO5S. The minimum Gasteiger partial charge on any atom is -0.497 e. The number of methoxy groups -OCH3 is 3. The standard InChI is InChI=1S/C31H31NO5S/c1-19(22-7-5-6-8-25(22)36-3)28(33)32-17-26-30(20-9-11-21(35-2)12-10-20)15-13-24(23-14-16-38-27(23)30)31(26,18-32)29(34)37-4/h5-12,14,16,24,26H,1,13,15,17-18H2,2-4H3/t24-,26?,30+,31+/m1/s1. The number of hydrogen-bond acceptors (Lipinski definition) is 6. The molecule has 38 heavy (non-hydrogen) atoms. The highest BCUT2D eigenvalue weighted by molar-refractivity contribution is 7.10. The van der Waals surface area contributed by atoms with E-state index in [1.54, 1.807) is 25.6 Å². The second kappa shape index (κ2) is 9.02. The number of ether oxygens (including phenoxy) is 3. The zero-order chi connectivity index (χ0) is 26.7. The largest absolute Gasteiger partial charge is 0.497 e. The molecule has 4 aliphatic rings. The van der Waals surface area contributed by atoms with Crippen LogP contribution in [0.1, 0.15) is 40.3 Å². The van der Waals surface area contributed by atoms with Gasteiger partial charge >= 0.3 is 5.97 Å². The normalized spacial score (nSPS) is 26.9. The van der Waals surface area contributed by atoms with E-state index in [0.29, 0.717) is 30.0 Å². The van der Waals surface area contributed by atoms with Gasteiger partial charge in [-0.3, -0.25) is 9.59 Å². The van der Waals surface area contributed by atoms with Crippen molar-refractivity contribution in [2.45, 2.75) is 24.2 Å². The van der Waals surface area contributed by atoms with Gasteiger partial charge in [0, 0.05) is 46.4 Å². The Labute approximate surface area is 226 Å². The monoisotopic (exact) mass is 529 g/mol. The summed E-state index contributed by atoms with van der Waals surface area (Å²) < 4.78 is 16.5. The Balaban J connectivity index is 1.48. The SMILES string of the molecule is C=C(C(=O)N1CC2[C@@]3(c4ccc(OC)cc4)CC[C@H](c4ccsc43)[C@@]2(C(=O)OC)C1)c1ccccc1OC. The van der Waals surface area contributed by atoms with Crippen molar-refractivity contribution in [3.8, 4) is 11.5 Å². The number of para-hydroxylation sites is 1. The molecule has 1 aromatic heterocycles. The molecule has 7 heteroatoms. The fourth-order valence-electron chi connectivity index (χ4n) is 7.55. The van der Waals surface area contributed by atoms with Gasteiger partial charge in [-0.1, -0.05) is 36.9 Å². The van der Waals surface area contributed by atoms with E-state index >= 15 is 0 Å². The molecule has 1 aliphatic heterocycles. The smallest absolute Gasteiger partial charge is 0.314 e. The van der Waals surface area contributed by atoms with Crippen LogP contribution in [0.15, 0.2) is 66.6 Å². The molecule has 0 radical (unpaired) electrons. The number of hydrogen-bond donors (Lipinski definition) is 0. The predicted octanol–water partition coefficient (Wildman–Crippen LogP) is 5.27. The van der Waals surface area contributed by atoms with Crippen molar-refractivity contribution < 1.29 is 23.8 Å². The molecule has 3 aromatic rings. The van der Waals surface area contributed by atoms with Gasteiger partial charge in [-0.05, 0) is 53.6 Å². The van der Waals surface area contributed by atoms with Crippen LogP contribution in [0.4, 0.5) is 0 Å². The van der Waals surface area contributed by atoms with E-state index in [0.717, 1.165) is 24.2 Å². The van der Waals surface area contributed by atoms with Crippen molar-refractivity contribution >= 4 is 28.8 Å². The lowest BCUT2D eigenvalue weighted by Crippen LogP contribution is -2.60. The van der Waals surface area contributed by atoms with Crippen molar-refractivity contribution in [2.75, 3.05) is 34.4 Å². The Hall–Kier alpha value is -3.58. The maximum atomic E-state index is 14.0. The first-order valence-corrected chi connectivity index (χ1v) is 13.7. The fraction of sp³-hybridized carbons (Fsp3) is 0.355. The van der Waals surface area contributed by atoms with Crippen LogP contribution >= 0.6 is 11.3 Å². The highest BCUT2D eigenvalue weighted by Gasteiger charge is 2.71. The van der Waals surface area contributed by atoms with Crippen molar-refractivity contribution in [2.24, 2.45) is 11.3 Å². The Kier molecular flexibility index (Phi) is 5.87. The number of thiophene rings is 1. The number of benzene rings is 2. The van der Waals surface area contributed by atoms with Gasteiger partial charge < -0.3 is 19.1 Å². The van der Waals surface area contributed by atoms with E-state index in [1.807, 2.05) is 41.3 Å². The second-order valence-electron chi connectivity index (χ2n) is 10.4. The van der Waals surface area contributed by atoms with Gasteiger partial charge in [-0.2, -0.15) is 0 Å². The Bertz CT molecular complexity index is 1430. The molecule has 4 atom stereocenters. The highest BCUT2D eigenvalue weighted by Crippen LogP contribution is 2.70. The van der Waals surface area contributed by atoms with E-state index < -0.39 is 10.8 Å². The quantitative estimate of drug-likeness (QED) is 0.321. The Morgan fingerprint density at radius 2 is 1.79 bits per heavy atom. The zero-order valence-electron chi connectivity index (χ0n) is 21.9. The molecule has 2 fully saturated rings. The summed E-state index contributed by atoms with van der Waals surface area (Å²) in [5.41, 5.74) is 2.15. The summed E-state index contributed by atoms with van der Waals surface area (Å²) in [5, 5.41) is 2.14. The lowest BCUT2D eigenvalue weighted by Gasteiger charge is -2.58. The minimum absolute atomic E-state index is 0.00125. The van der Waals surface area contributed by atoms with Crippen LogP contribution in [0.25, 0.3) is 5.57 Å². The number of carbonyl (C=O) groups is 2. The van der Waals surface area contributed by atoms with Gasteiger partial charge in [0.25, 0.3) is 5.91 Å². The van der Waals surface area contributed by atoms with Crippen LogP contribution in [0, 0.1) is 11.3 Å². The highest BCUT2D eigenvalue weighted by atomic mass is 32.1. The third-order valence-electron chi connectivity index (χ3n) is 9.15. The van der Waals surface area contributed by atoms with Crippen LogP contribution in [-0.2, 0) is 19.7 Å². The first-order chi connectivity index (χ1) is 18.4. The number of nitrogens with zero attached hydrogens (tertiary/aromatic N) is 1. The summed E-state index contributed by atoms with van der Waals surface area (Å²) in [6, 6.07) is 17.8. The van der Waals surface area contributed by atoms with Crippen LogP contribution in [-0.4, -0.2) is 51.2 Å². The van der Waals surface area contributed by atoms with Gasteiger partial charge in [0.15, 0.2) is 0 Å². The van der Waals surface area contributed by atoms with E-state index in [1.165, 1.54) is 17.6 Å². The summed E-state index contributed by atoms with van der Waals surface area (Å²) in [5.74, 6) is 0.840. The number of carbonyl (C=O) groups excluding carboxylic acids is 2. The molecule has 2 bridgehead atoms. The van der Waals surface area contributed by atoms with Crippen LogP contribution in [0.5, 0.6) is 11.5 Å². The molecule has 1 saturated carbocycles. The van der Waals surface area contributed by atoms with Crippen molar-refractivity contribution in [3.63, 3.8) is 0 Å². The summed E-state index contributed by atoms with van der Waals surface area (Å²) >= 11 is 1.76. The maximum absolute atomic E-state index is 14.0. The lowest BCUT2D eigenvalue weighted by atomic mass is 9.44. The molecule has 2 heterocycles. The van der Waals surface area contributed by atoms with Gasteiger partial charge in [0.2, 0.25) is 0 Å². The van der Waals surface area contributed by atoms with Gasteiger partial charge in [0.1, 0.15) is 11.5 Å². The van der Waals surface area contributed by atoms with Crippen molar-refractivity contribution in [1.29, 1.82) is 0 Å². The molecule has 1 saturated heterocycles. The summed E-state index contributed by atoms with van der Waals surface area (Å²) in [7, 11) is 4.71. The Morgan fingerprint density at radius 3 is 2.50 bits per heavy atom.